The standard InChI is InChI=1S/C28H27N3O/c1-28(2,3)22-12-14-23(15-13-22)31-18-21-9-5-11-24(25(21)27(31)32)30-17-20-8-4-7-19-10-6-16-29-26(19)20/h4-16,30H,17-18H2,1-3H3. The molecule has 1 aliphatic rings. The van der Waals surface area contributed by atoms with Gasteiger partial charge >= 0.3 is 0 Å². The molecule has 5 rings (SSSR count). The van der Waals surface area contributed by atoms with E-state index in [0.717, 1.165) is 39.0 Å². The van der Waals surface area contributed by atoms with E-state index >= 15 is 0 Å². The van der Waals surface area contributed by atoms with Crippen molar-refractivity contribution in [1.29, 1.82) is 0 Å². The first-order chi connectivity index (χ1) is 15.4. The van der Waals surface area contributed by atoms with Crippen molar-refractivity contribution in [3.63, 3.8) is 0 Å². The number of hydrogen-bond acceptors (Lipinski definition) is 3. The van der Waals surface area contributed by atoms with Crippen LogP contribution in [0.4, 0.5) is 11.4 Å². The maximum Gasteiger partial charge on any atom is 0.261 e. The Kier molecular flexibility index (Phi) is 4.93. The molecule has 4 nitrogen and oxygen atoms in total. The van der Waals surface area contributed by atoms with Gasteiger partial charge in [0, 0.05) is 29.5 Å². The van der Waals surface area contributed by atoms with Crippen LogP contribution in [0.3, 0.4) is 0 Å². The lowest BCUT2D eigenvalue weighted by Crippen LogP contribution is -2.23. The van der Waals surface area contributed by atoms with Crippen LogP contribution in [0.2, 0.25) is 0 Å². The van der Waals surface area contributed by atoms with Crippen molar-refractivity contribution in [2.75, 3.05) is 10.2 Å². The number of anilines is 2. The predicted molar refractivity (Wildman–Crippen MR) is 131 cm³/mol. The molecule has 1 aromatic heterocycles. The minimum absolute atomic E-state index is 0.0441. The Morgan fingerprint density at radius 1 is 0.938 bits per heavy atom. The molecule has 1 N–H and O–H groups in total. The summed E-state index contributed by atoms with van der Waals surface area (Å²) in [5, 5.41) is 4.61. The summed E-state index contributed by atoms with van der Waals surface area (Å²) < 4.78 is 0. The Bertz CT molecular complexity index is 1300. The van der Waals surface area contributed by atoms with Crippen LogP contribution < -0.4 is 10.2 Å². The van der Waals surface area contributed by atoms with E-state index in [0.29, 0.717) is 13.1 Å². The molecular weight excluding hydrogens is 394 g/mol. The number of carbonyl (C=O) groups excluding carboxylic acids is 1. The third-order valence-corrected chi connectivity index (χ3v) is 6.17. The number of para-hydroxylation sites is 1. The largest absolute Gasteiger partial charge is 0.380 e. The second-order valence-electron chi connectivity index (χ2n) is 9.37. The van der Waals surface area contributed by atoms with Gasteiger partial charge in [0.15, 0.2) is 0 Å². The molecule has 0 atom stereocenters. The lowest BCUT2D eigenvalue weighted by atomic mass is 9.87. The summed E-state index contributed by atoms with van der Waals surface area (Å²) in [5.74, 6) is 0.0441. The van der Waals surface area contributed by atoms with E-state index in [1.807, 2.05) is 41.4 Å². The Hall–Kier alpha value is -3.66. The summed E-state index contributed by atoms with van der Waals surface area (Å²) in [6, 6.07) is 24.6. The molecule has 0 bridgehead atoms. The minimum atomic E-state index is 0.0441. The molecule has 4 aromatic rings. The molecule has 1 aliphatic heterocycles. The Morgan fingerprint density at radius 2 is 1.69 bits per heavy atom. The van der Waals surface area contributed by atoms with Gasteiger partial charge in [-0.25, -0.2) is 0 Å². The second-order valence-corrected chi connectivity index (χ2v) is 9.37. The average molecular weight is 422 g/mol. The monoisotopic (exact) mass is 421 g/mol. The van der Waals surface area contributed by atoms with Gasteiger partial charge < -0.3 is 10.2 Å². The summed E-state index contributed by atoms with van der Waals surface area (Å²) in [4.78, 5) is 19.8. The molecule has 4 heteroatoms. The summed E-state index contributed by atoms with van der Waals surface area (Å²) >= 11 is 0. The lowest BCUT2D eigenvalue weighted by molar-refractivity contribution is 0.0997. The first-order valence-electron chi connectivity index (χ1n) is 11.0. The minimum Gasteiger partial charge on any atom is -0.380 e. The molecule has 3 aromatic carbocycles. The fourth-order valence-electron chi connectivity index (χ4n) is 4.36. The third-order valence-electron chi connectivity index (χ3n) is 6.17. The molecule has 0 saturated heterocycles. The number of nitrogens with zero attached hydrogens (tertiary/aromatic N) is 2. The number of rotatable bonds is 4. The Balaban J connectivity index is 1.40. The third kappa shape index (κ3) is 3.62. The summed E-state index contributed by atoms with van der Waals surface area (Å²) in [6.07, 6.45) is 1.82. The van der Waals surface area contributed by atoms with Gasteiger partial charge in [0.1, 0.15) is 0 Å². The van der Waals surface area contributed by atoms with Crippen molar-refractivity contribution in [3.05, 3.63) is 101 Å². The van der Waals surface area contributed by atoms with Crippen molar-refractivity contribution in [2.24, 2.45) is 0 Å². The Labute approximate surface area is 188 Å². The number of carbonyl (C=O) groups is 1. The van der Waals surface area contributed by atoms with Gasteiger partial charge in [-0.15, -0.1) is 0 Å². The number of aromatic nitrogens is 1. The highest BCUT2D eigenvalue weighted by Crippen LogP contribution is 2.34. The van der Waals surface area contributed by atoms with Crippen LogP contribution in [0, 0.1) is 0 Å². The van der Waals surface area contributed by atoms with Gasteiger partial charge in [0.05, 0.1) is 17.6 Å². The first-order valence-corrected chi connectivity index (χ1v) is 11.0. The van der Waals surface area contributed by atoms with Gasteiger partial charge in [-0.1, -0.05) is 69.3 Å². The van der Waals surface area contributed by atoms with E-state index < -0.39 is 0 Å². The van der Waals surface area contributed by atoms with E-state index in [1.54, 1.807) is 0 Å². The van der Waals surface area contributed by atoms with Crippen molar-refractivity contribution in [3.8, 4) is 0 Å². The van der Waals surface area contributed by atoms with Crippen molar-refractivity contribution < 1.29 is 4.79 Å². The molecular formula is C28H27N3O. The van der Waals surface area contributed by atoms with Crippen molar-refractivity contribution >= 4 is 28.2 Å². The fourth-order valence-corrected chi connectivity index (χ4v) is 4.36. The molecule has 0 unspecified atom stereocenters. The van der Waals surface area contributed by atoms with E-state index in [4.69, 9.17) is 0 Å². The highest BCUT2D eigenvalue weighted by atomic mass is 16.2. The maximum atomic E-state index is 13.4. The molecule has 1 amide bonds. The summed E-state index contributed by atoms with van der Waals surface area (Å²) in [6.45, 7) is 7.79. The zero-order valence-electron chi connectivity index (χ0n) is 18.7. The number of amides is 1. The highest BCUT2D eigenvalue weighted by molar-refractivity contribution is 6.13. The fraction of sp³-hybridized carbons (Fsp3) is 0.214. The van der Waals surface area contributed by atoms with Crippen LogP contribution in [-0.4, -0.2) is 10.9 Å². The Morgan fingerprint density at radius 3 is 2.47 bits per heavy atom. The van der Waals surface area contributed by atoms with Gasteiger partial charge in [-0.3, -0.25) is 9.78 Å². The topological polar surface area (TPSA) is 45.2 Å². The van der Waals surface area contributed by atoms with Crippen LogP contribution in [0.15, 0.2) is 79.0 Å². The van der Waals surface area contributed by atoms with Crippen molar-refractivity contribution in [2.45, 2.75) is 39.3 Å². The van der Waals surface area contributed by atoms with Crippen LogP contribution in [-0.2, 0) is 18.5 Å². The molecule has 0 fully saturated rings. The quantitative estimate of drug-likeness (QED) is 0.420. The maximum absolute atomic E-state index is 13.4. The van der Waals surface area contributed by atoms with Crippen molar-refractivity contribution in [1.82, 2.24) is 4.98 Å². The number of hydrogen-bond donors (Lipinski definition) is 1. The predicted octanol–water partition coefficient (Wildman–Crippen LogP) is 6.30. The van der Waals surface area contributed by atoms with Crippen LogP contribution >= 0.6 is 0 Å². The van der Waals surface area contributed by atoms with E-state index in [2.05, 4.69) is 73.5 Å². The number of fused-ring (bicyclic) bond motifs is 2. The van der Waals surface area contributed by atoms with Gasteiger partial charge in [-0.05, 0) is 46.4 Å². The molecule has 0 saturated carbocycles. The molecule has 2 heterocycles. The highest BCUT2D eigenvalue weighted by Gasteiger charge is 2.31. The van der Waals surface area contributed by atoms with Gasteiger partial charge in [0.2, 0.25) is 0 Å². The van der Waals surface area contributed by atoms with E-state index in [-0.39, 0.29) is 11.3 Å². The zero-order valence-corrected chi connectivity index (χ0v) is 18.7. The smallest absolute Gasteiger partial charge is 0.261 e. The van der Waals surface area contributed by atoms with Crippen LogP contribution in [0.25, 0.3) is 10.9 Å². The van der Waals surface area contributed by atoms with E-state index in [9.17, 15) is 4.79 Å². The molecule has 0 aliphatic carbocycles. The lowest BCUT2D eigenvalue weighted by Gasteiger charge is -2.21. The summed E-state index contributed by atoms with van der Waals surface area (Å²) in [7, 11) is 0. The number of nitrogens with one attached hydrogen (secondary N) is 1. The molecule has 0 radical (unpaired) electrons. The molecule has 0 spiro atoms. The van der Waals surface area contributed by atoms with Gasteiger partial charge in [0.25, 0.3) is 5.91 Å². The summed E-state index contributed by atoms with van der Waals surface area (Å²) in [5.41, 5.74) is 7.07. The normalized spacial score (nSPS) is 13.5. The first kappa shape index (κ1) is 20.3. The molecule has 32 heavy (non-hydrogen) atoms. The number of benzene rings is 3. The second kappa shape index (κ2) is 7.79. The van der Waals surface area contributed by atoms with Crippen LogP contribution in [0.1, 0.15) is 47.8 Å². The molecule has 160 valence electrons. The van der Waals surface area contributed by atoms with E-state index in [1.165, 1.54) is 5.56 Å². The van der Waals surface area contributed by atoms with Crippen LogP contribution in [0.5, 0.6) is 0 Å². The zero-order chi connectivity index (χ0) is 22.3. The SMILES string of the molecule is CC(C)(C)c1ccc(N2Cc3cccc(NCc4cccc5cccnc45)c3C2=O)cc1. The van der Waals surface area contributed by atoms with Gasteiger partial charge in [-0.2, -0.15) is 0 Å². The number of pyridine rings is 1. The average Bonchev–Trinajstić information content (AvgIpc) is 3.14.